The molecule has 0 saturated heterocycles. The Labute approximate surface area is 110 Å². The standard InChI is InChI=1S/C14H26O2S/c1-12-6-5-7-13(12)9-11-17-10-4-3-8-14(15)16-2/h12-13H,3-11H2,1-2H3/t12?,13-/m1/s1. The van der Waals surface area contributed by atoms with Gasteiger partial charge in [-0.15, -0.1) is 0 Å². The van der Waals surface area contributed by atoms with Gasteiger partial charge in [-0.25, -0.2) is 0 Å². The fourth-order valence-corrected chi connectivity index (χ4v) is 3.65. The Morgan fingerprint density at radius 1 is 1.29 bits per heavy atom. The van der Waals surface area contributed by atoms with Crippen LogP contribution >= 0.6 is 11.8 Å². The molecular weight excluding hydrogens is 232 g/mol. The molecule has 0 amide bonds. The maximum Gasteiger partial charge on any atom is 0.305 e. The number of hydrogen-bond acceptors (Lipinski definition) is 3. The number of carbonyl (C=O) groups is 1. The van der Waals surface area contributed by atoms with Crippen molar-refractivity contribution in [1.29, 1.82) is 0 Å². The van der Waals surface area contributed by atoms with Gasteiger partial charge in [0, 0.05) is 6.42 Å². The van der Waals surface area contributed by atoms with E-state index < -0.39 is 0 Å². The smallest absolute Gasteiger partial charge is 0.305 e. The van der Waals surface area contributed by atoms with Crippen LogP contribution in [0.5, 0.6) is 0 Å². The van der Waals surface area contributed by atoms with E-state index in [1.165, 1.54) is 44.3 Å². The molecule has 2 atom stereocenters. The van der Waals surface area contributed by atoms with Crippen molar-refractivity contribution in [2.45, 2.75) is 51.9 Å². The SMILES string of the molecule is COC(=O)CCCCSCC[C@H]1CCCC1C. The Bertz CT molecular complexity index is 218. The average Bonchev–Trinajstić information content (AvgIpc) is 2.73. The number of rotatable bonds is 8. The quantitative estimate of drug-likeness (QED) is 0.488. The fraction of sp³-hybridized carbons (Fsp3) is 0.929. The van der Waals surface area contributed by atoms with E-state index in [1.54, 1.807) is 0 Å². The van der Waals surface area contributed by atoms with Gasteiger partial charge in [-0.2, -0.15) is 11.8 Å². The van der Waals surface area contributed by atoms with Crippen LogP contribution in [-0.2, 0) is 9.53 Å². The Morgan fingerprint density at radius 3 is 2.76 bits per heavy atom. The van der Waals surface area contributed by atoms with Gasteiger partial charge in [0.1, 0.15) is 0 Å². The zero-order valence-electron chi connectivity index (χ0n) is 11.2. The van der Waals surface area contributed by atoms with Crippen LogP contribution in [0.25, 0.3) is 0 Å². The summed E-state index contributed by atoms with van der Waals surface area (Å²) in [6.07, 6.45) is 8.41. The van der Waals surface area contributed by atoms with Gasteiger partial charge in [-0.05, 0) is 42.6 Å². The lowest BCUT2D eigenvalue weighted by molar-refractivity contribution is -0.140. The summed E-state index contributed by atoms with van der Waals surface area (Å²) in [5, 5.41) is 0. The Hall–Kier alpha value is -0.180. The van der Waals surface area contributed by atoms with Crippen molar-refractivity contribution in [3.05, 3.63) is 0 Å². The first-order valence-corrected chi connectivity index (χ1v) is 8.04. The van der Waals surface area contributed by atoms with Crippen LogP contribution in [0.3, 0.4) is 0 Å². The largest absolute Gasteiger partial charge is 0.469 e. The Morgan fingerprint density at radius 2 is 2.12 bits per heavy atom. The second-order valence-electron chi connectivity index (χ2n) is 5.10. The molecule has 2 nitrogen and oxygen atoms in total. The monoisotopic (exact) mass is 258 g/mol. The second-order valence-corrected chi connectivity index (χ2v) is 6.33. The third kappa shape index (κ3) is 6.35. The van der Waals surface area contributed by atoms with Gasteiger partial charge in [0.2, 0.25) is 0 Å². The third-order valence-electron chi connectivity index (χ3n) is 3.82. The lowest BCUT2D eigenvalue weighted by Gasteiger charge is -2.14. The molecule has 1 unspecified atom stereocenters. The predicted molar refractivity (Wildman–Crippen MR) is 74.3 cm³/mol. The highest BCUT2D eigenvalue weighted by Gasteiger charge is 2.22. The molecule has 0 N–H and O–H groups in total. The summed E-state index contributed by atoms with van der Waals surface area (Å²) in [5.74, 6) is 4.35. The zero-order valence-corrected chi connectivity index (χ0v) is 12.1. The molecule has 1 rings (SSSR count). The lowest BCUT2D eigenvalue weighted by Crippen LogP contribution is -2.05. The minimum atomic E-state index is -0.0743. The highest BCUT2D eigenvalue weighted by atomic mass is 32.2. The van der Waals surface area contributed by atoms with Gasteiger partial charge in [0.15, 0.2) is 0 Å². The Balaban J connectivity index is 1.86. The number of thioether (sulfide) groups is 1. The van der Waals surface area contributed by atoms with E-state index in [9.17, 15) is 4.79 Å². The molecular formula is C14H26O2S. The molecule has 1 aliphatic carbocycles. The maximum atomic E-state index is 10.9. The van der Waals surface area contributed by atoms with Gasteiger partial charge >= 0.3 is 5.97 Å². The molecule has 0 aromatic heterocycles. The van der Waals surface area contributed by atoms with Crippen LogP contribution in [0.15, 0.2) is 0 Å². The molecule has 0 heterocycles. The van der Waals surface area contributed by atoms with Gasteiger partial charge < -0.3 is 4.74 Å². The molecule has 1 saturated carbocycles. The van der Waals surface area contributed by atoms with Crippen LogP contribution in [-0.4, -0.2) is 24.6 Å². The number of hydrogen-bond donors (Lipinski definition) is 0. The highest BCUT2D eigenvalue weighted by molar-refractivity contribution is 7.99. The van der Waals surface area contributed by atoms with Crippen LogP contribution in [0.2, 0.25) is 0 Å². The normalized spacial score (nSPS) is 23.9. The highest BCUT2D eigenvalue weighted by Crippen LogP contribution is 2.34. The minimum Gasteiger partial charge on any atom is -0.469 e. The zero-order chi connectivity index (χ0) is 12.5. The summed E-state index contributed by atoms with van der Waals surface area (Å²) >= 11 is 2.05. The van der Waals surface area contributed by atoms with Crippen molar-refractivity contribution < 1.29 is 9.53 Å². The van der Waals surface area contributed by atoms with Gasteiger partial charge in [-0.1, -0.05) is 26.2 Å². The van der Waals surface area contributed by atoms with E-state index in [1.807, 2.05) is 11.8 Å². The predicted octanol–water partition coefficient (Wildman–Crippen LogP) is 3.89. The lowest BCUT2D eigenvalue weighted by atomic mass is 9.96. The molecule has 100 valence electrons. The molecule has 0 aromatic carbocycles. The average molecular weight is 258 g/mol. The number of unbranched alkanes of at least 4 members (excludes halogenated alkanes) is 1. The first-order valence-electron chi connectivity index (χ1n) is 6.88. The fourth-order valence-electron chi connectivity index (χ4n) is 2.56. The topological polar surface area (TPSA) is 26.3 Å². The van der Waals surface area contributed by atoms with Crippen molar-refractivity contribution in [2.24, 2.45) is 11.8 Å². The summed E-state index contributed by atoms with van der Waals surface area (Å²) in [6.45, 7) is 2.40. The molecule has 0 spiro atoms. The molecule has 3 heteroatoms. The van der Waals surface area contributed by atoms with Crippen LogP contribution in [0.1, 0.15) is 51.9 Å². The van der Waals surface area contributed by atoms with Crippen molar-refractivity contribution in [3.8, 4) is 0 Å². The van der Waals surface area contributed by atoms with E-state index in [0.717, 1.165) is 24.7 Å². The number of carbonyl (C=O) groups excluding carboxylic acids is 1. The molecule has 0 radical (unpaired) electrons. The Kier molecular flexibility index (Phi) is 7.74. The van der Waals surface area contributed by atoms with Gasteiger partial charge in [0.25, 0.3) is 0 Å². The van der Waals surface area contributed by atoms with E-state index in [4.69, 9.17) is 0 Å². The van der Waals surface area contributed by atoms with Crippen LogP contribution < -0.4 is 0 Å². The van der Waals surface area contributed by atoms with Crippen molar-refractivity contribution in [3.63, 3.8) is 0 Å². The molecule has 0 aromatic rings. The van der Waals surface area contributed by atoms with E-state index in [0.29, 0.717) is 6.42 Å². The van der Waals surface area contributed by atoms with Crippen molar-refractivity contribution in [2.75, 3.05) is 18.6 Å². The number of esters is 1. The van der Waals surface area contributed by atoms with Gasteiger partial charge in [-0.3, -0.25) is 4.79 Å². The molecule has 17 heavy (non-hydrogen) atoms. The van der Waals surface area contributed by atoms with Crippen LogP contribution in [0, 0.1) is 11.8 Å². The first kappa shape index (κ1) is 14.9. The van der Waals surface area contributed by atoms with E-state index in [-0.39, 0.29) is 5.97 Å². The van der Waals surface area contributed by atoms with Crippen LogP contribution in [0.4, 0.5) is 0 Å². The molecule has 1 fully saturated rings. The van der Waals surface area contributed by atoms with Crippen molar-refractivity contribution >= 4 is 17.7 Å². The van der Waals surface area contributed by atoms with Gasteiger partial charge in [0.05, 0.1) is 7.11 Å². The summed E-state index contributed by atoms with van der Waals surface area (Å²) in [5.41, 5.74) is 0. The second kappa shape index (κ2) is 8.84. The molecule has 0 aliphatic heterocycles. The minimum absolute atomic E-state index is 0.0743. The molecule has 1 aliphatic rings. The number of ether oxygens (including phenoxy) is 1. The number of methoxy groups -OCH3 is 1. The maximum absolute atomic E-state index is 10.9. The van der Waals surface area contributed by atoms with E-state index >= 15 is 0 Å². The first-order chi connectivity index (χ1) is 8.24. The third-order valence-corrected chi connectivity index (χ3v) is 4.92. The summed E-state index contributed by atoms with van der Waals surface area (Å²) in [7, 11) is 1.46. The van der Waals surface area contributed by atoms with E-state index in [2.05, 4.69) is 11.7 Å². The van der Waals surface area contributed by atoms with Crippen molar-refractivity contribution in [1.82, 2.24) is 0 Å². The summed E-state index contributed by atoms with van der Waals surface area (Å²) < 4.78 is 4.61. The molecule has 0 bridgehead atoms. The summed E-state index contributed by atoms with van der Waals surface area (Å²) in [4.78, 5) is 10.9. The summed E-state index contributed by atoms with van der Waals surface area (Å²) in [6, 6.07) is 0.